The van der Waals surface area contributed by atoms with Crippen LogP contribution in [0.25, 0.3) is 10.9 Å². The first kappa shape index (κ1) is 30.6. The number of para-hydroxylation sites is 1. The van der Waals surface area contributed by atoms with Crippen molar-refractivity contribution in [3.63, 3.8) is 0 Å². The number of hydrogen-bond acceptors (Lipinski definition) is 4. The third-order valence-corrected chi connectivity index (χ3v) is 7.72. The summed E-state index contributed by atoms with van der Waals surface area (Å²) in [5.74, 6) is -0.855. The quantitative estimate of drug-likeness (QED) is 0.231. The van der Waals surface area contributed by atoms with Crippen LogP contribution >= 0.6 is 0 Å². The van der Waals surface area contributed by atoms with Crippen molar-refractivity contribution < 1.29 is 31.1 Å². The summed E-state index contributed by atoms with van der Waals surface area (Å²) < 4.78 is 83.3. The number of nitrogens with zero attached hydrogens (tertiary/aromatic N) is 5. The number of aromatic nitrogens is 2. The molecule has 6 nitrogen and oxygen atoms in total. The molecule has 12 heteroatoms. The second kappa shape index (κ2) is 12.4. The maximum atomic E-state index is 13.7. The summed E-state index contributed by atoms with van der Waals surface area (Å²) in [6, 6.07) is 14.0. The minimum atomic E-state index is -5.04. The van der Waals surface area contributed by atoms with Crippen molar-refractivity contribution in [3.8, 4) is 0 Å². The number of alkyl halides is 6. The second-order valence-electron chi connectivity index (χ2n) is 10.9. The highest BCUT2D eigenvalue weighted by atomic mass is 19.4. The summed E-state index contributed by atoms with van der Waals surface area (Å²) in [7, 11) is 1.99. The van der Waals surface area contributed by atoms with Crippen molar-refractivity contribution in [2.24, 2.45) is 0 Å². The Hall–Kier alpha value is -3.90. The van der Waals surface area contributed by atoms with Crippen molar-refractivity contribution >= 4 is 16.8 Å². The highest BCUT2D eigenvalue weighted by molar-refractivity contribution is 5.95. The fourth-order valence-electron chi connectivity index (χ4n) is 5.51. The second-order valence-corrected chi connectivity index (χ2v) is 10.9. The zero-order chi connectivity index (χ0) is 30.8. The molecular weight excluding hydrogens is 572 g/mol. The minimum Gasteiger partial charge on any atom is -0.345 e. The van der Waals surface area contributed by atoms with Crippen molar-refractivity contribution in [1.82, 2.24) is 24.3 Å². The van der Waals surface area contributed by atoms with Gasteiger partial charge < -0.3 is 14.4 Å². The Morgan fingerprint density at radius 2 is 1.67 bits per heavy atom. The number of rotatable bonds is 8. The van der Waals surface area contributed by atoms with Gasteiger partial charge in [0, 0.05) is 75.5 Å². The van der Waals surface area contributed by atoms with Crippen LogP contribution in [-0.2, 0) is 25.4 Å². The first-order chi connectivity index (χ1) is 20.4. The molecule has 1 amide bonds. The van der Waals surface area contributed by atoms with Crippen LogP contribution in [0.5, 0.6) is 0 Å². The maximum absolute atomic E-state index is 13.7. The predicted octanol–water partition coefficient (Wildman–Crippen LogP) is 6.03. The monoisotopic (exact) mass is 603 g/mol. The molecule has 0 unspecified atom stereocenters. The third kappa shape index (κ3) is 7.37. The molecule has 0 aliphatic carbocycles. The molecular formula is C31H31F6N5O. The maximum Gasteiger partial charge on any atom is 0.416 e. The van der Waals surface area contributed by atoms with Crippen LogP contribution in [0, 0.1) is 0 Å². The Morgan fingerprint density at radius 3 is 2.35 bits per heavy atom. The van der Waals surface area contributed by atoms with Gasteiger partial charge in [-0.25, -0.2) is 0 Å². The highest BCUT2D eigenvalue weighted by Gasteiger charge is 2.39. The average Bonchev–Trinajstić information content (AvgIpc) is 3.38. The van der Waals surface area contributed by atoms with Crippen LogP contribution in [0.15, 0.2) is 79.3 Å². The molecule has 1 aliphatic heterocycles. The van der Waals surface area contributed by atoms with Crippen LogP contribution in [0.2, 0.25) is 0 Å². The summed E-state index contributed by atoms with van der Waals surface area (Å²) in [5, 5.41) is 0.984. The van der Waals surface area contributed by atoms with E-state index in [1.165, 1.54) is 4.90 Å². The summed E-state index contributed by atoms with van der Waals surface area (Å²) in [6.07, 6.45) is -4.70. The molecule has 228 valence electrons. The Balaban J connectivity index is 1.39. The molecule has 2 aromatic heterocycles. The van der Waals surface area contributed by atoms with E-state index in [-0.39, 0.29) is 12.6 Å². The molecule has 1 saturated heterocycles. The van der Waals surface area contributed by atoms with Gasteiger partial charge in [0.05, 0.1) is 17.2 Å². The van der Waals surface area contributed by atoms with E-state index >= 15 is 0 Å². The van der Waals surface area contributed by atoms with Gasteiger partial charge in [0.25, 0.3) is 5.91 Å². The van der Waals surface area contributed by atoms with Gasteiger partial charge in [-0.2, -0.15) is 26.3 Å². The lowest BCUT2D eigenvalue weighted by atomic mass is 10.0. The van der Waals surface area contributed by atoms with Crippen molar-refractivity contribution in [2.75, 3.05) is 39.8 Å². The number of likely N-dealkylation sites (N-methyl/N-ethyl adjacent to an activating group) is 1. The van der Waals surface area contributed by atoms with E-state index in [4.69, 9.17) is 0 Å². The van der Waals surface area contributed by atoms with E-state index in [0.29, 0.717) is 51.4 Å². The summed E-state index contributed by atoms with van der Waals surface area (Å²) >= 11 is 0. The van der Waals surface area contributed by atoms with Gasteiger partial charge in [-0.1, -0.05) is 24.3 Å². The van der Waals surface area contributed by atoms with Gasteiger partial charge in [-0.05, 0) is 54.4 Å². The van der Waals surface area contributed by atoms with Crippen LogP contribution in [0.1, 0.15) is 27.0 Å². The van der Waals surface area contributed by atoms with Gasteiger partial charge in [-0.3, -0.25) is 14.7 Å². The number of fused-ring (bicyclic) bond motifs is 1. The van der Waals surface area contributed by atoms with Crippen LogP contribution < -0.4 is 0 Å². The molecule has 1 fully saturated rings. The first-order valence-corrected chi connectivity index (χ1v) is 13.8. The van der Waals surface area contributed by atoms with Gasteiger partial charge >= 0.3 is 12.4 Å². The Labute approximate surface area is 245 Å². The summed E-state index contributed by atoms with van der Waals surface area (Å²) in [4.78, 5) is 23.6. The molecule has 43 heavy (non-hydrogen) atoms. The van der Waals surface area contributed by atoms with Crippen molar-refractivity contribution in [1.29, 1.82) is 0 Å². The average molecular weight is 604 g/mol. The molecule has 1 aliphatic rings. The van der Waals surface area contributed by atoms with E-state index in [2.05, 4.69) is 14.8 Å². The Bertz CT molecular complexity index is 1520. The van der Waals surface area contributed by atoms with Crippen molar-refractivity contribution in [3.05, 3.63) is 102 Å². The number of carbonyl (C=O) groups is 1. The third-order valence-electron chi connectivity index (χ3n) is 7.72. The number of pyridine rings is 1. The number of piperazine rings is 1. The normalized spacial score (nSPS) is 16.7. The lowest BCUT2D eigenvalue weighted by molar-refractivity contribution is -0.143. The zero-order valence-electron chi connectivity index (χ0n) is 23.4. The number of amides is 1. The fourth-order valence-corrected chi connectivity index (χ4v) is 5.51. The Morgan fingerprint density at radius 1 is 0.953 bits per heavy atom. The SMILES string of the molecule is CN(CCN1CCN(C(=O)c2cc(C(F)(F)F)cc(C(F)(F)F)c2)[C@@H](Cn2ccc3ccccc32)C1)Cc1cccnc1. The number of halogens is 6. The minimum absolute atomic E-state index is 0.0418. The standard InChI is InChI=1S/C31H31F6N5O/c1-39(19-22-5-4-9-38-18-22)11-12-40-13-14-42(27(20-40)21-41-10-8-23-6-2-3-7-28(23)41)29(43)24-15-25(30(32,33)34)17-26(16-24)31(35,36)37/h2-10,15-18,27H,11-14,19-21H2,1H3/t27-/m1/s1. The van der Waals surface area contributed by atoms with Crippen LogP contribution in [-0.4, -0.2) is 76.0 Å². The van der Waals surface area contributed by atoms with Crippen molar-refractivity contribution in [2.45, 2.75) is 31.5 Å². The smallest absolute Gasteiger partial charge is 0.345 e. The summed E-state index contributed by atoms with van der Waals surface area (Å²) in [5.41, 5.74) is -1.66. The van der Waals surface area contributed by atoms with Gasteiger partial charge in [0.1, 0.15) is 0 Å². The number of benzene rings is 2. The lowest BCUT2D eigenvalue weighted by Crippen LogP contribution is -2.57. The van der Waals surface area contributed by atoms with Crippen LogP contribution in [0.4, 0.5) is 26.3 Å². The highest BCUT2D eigenvalue weighted by Crippen LogP contribution is 2.37. The van der Waals surface area contributed by atoms with Gasteiger partial charge in [0.15, 0.2) is 0 Å². The molecule has 0 N–H and O–H groups in total. The van der Waals surface area contributed by atoms with E-state index < -0.39 is 41.0 Å². The van der Waals surface area contributed by atoms with Gasteiger partial charge in [0.2, 0.25) is 0 Å². The fraction of sp³-hybridized carbons (Fsp3) is 0.355. The molecule has 0 bridgehead atoms. The van der Waals surface area contributed by atoms with E-state index in [1.54, 1.807) is 12.4 Å². The number of carbonyl (C=O) groups excluding carboxylic acids is 1. The molecule has 4 aromatic rings. The molecule has 0 spiro atoms. The zero-order valence-corrected chi connectivity index (χ0v) is 23.4. The topological polar surface area (TPSA) is 44.6 Å². The lowest BCUT2D eigenvalue weighted by Gasteiger charge is -2.42. The molecule has 2 aromatic carbocycles. The molecule has 1 atom stereocenters. The predicted molar refractivity (Wildman–Crippen MR) is 150 cm³/mol. The molecule has 0 radical (unpaired) electrons. The van der Waals surface area contributed by atoms with E-state index in [0.717, 1.165) is 16.5 Å². The van der Waals surface area contributed by atoms with Crippen LogP contribution in [0.3, 0.4) is 0 Å². The van der Waals surface area contributed by atoms with E-state index in [1.807, 2.05) is 60.3 Å². The molecule has 0 saturated carbocycles. The van der Waals surface area contributed by atoms with Gasteiger partial charge in [-0.15, -0.1) is 0 Å². The molecule has 5 rings (SSSR count). The first-order valence-electron chi connectivity index (χ1n) is 13.8. The Kier molecular flexibility index (Phi) is 8.79. The molecule has 3 heterocycles. The van der Waals surface area contributed by atoms with E-state index in [9.17, 15) is 31.1 Å². The largest absolute Gasteiger partial charge is 0.416 e. The number of hydrogen-bond donors (Lipinski definition) is 0. The summed E-state index contributed by atoms with van der Waals surface area (Å²) in [6.45, 7) is 3.40.